The van der Waals surface area contributed by atoms with Crippen molar-refractivity contribution in [2.75, 3.05) is 6.54 Å². The first kappa shape index (κ1) is 13.2. The highest BCUT2D eigenvalue weighted by Crippen LogP contribution is 2.04. The van der Waals surface area contributed by atoms with Gasteiger partial charge in [-0.1, -0.05) is 50.1 Å². The van der Waals surface area contributed by atoms with Gasteiger partial charge in [0.1, 0.15) is 0 Å². The topological polar surface area (TPSA) is 12.0 Å². The Morgan fingerprint density at radius 2 is 1.88 bits per heavy atom. The van der Waals surface area contributed by atoms with Gasteiger partial charge >= 0.3 is 0 Å². The van der Waals surface area contributed by atoms with E-state index >= 15 is 0 Å². The normalized spacial score (nSPS) is 12.6. The molecule has 1 aromatic carbocycles. The monoisotopic (exact) mass is 219 g/mol. The fourth-order valence-electron chi connectivity index (χ4n) is 1.85. The van der Waals surface area contributed by atoms with Crippen LogP contribution in [0.3, 0.4) is 0 Å². The molecule has 0 aliphatic rings. The average Bonchev–Trinajstić information content (AvgIpc) is 2.33. The van der Waals surface area contributed by atoms with Gasteiger partial charge in [0.25, 0.3) is 0 Å². The summed E-state index contributed by atoms with van der Waals surface area (Å²) in [4.78, 5) is 0. The number of hydrogen-bond acceptors (Lipinski definition) is 1. The highest BCUT2D eigenvalue weighted by molar-refractivity contribution is 5.14. The molecule has 0 aromatic heterocycles. The van der Waals surface area contributed by atoms with Gasteiger partial charge in [0, 0.05) is 6.04 Å². The van der Waals surface area contributed by atoms with Gasteiger partial charge in [0.15, 0.2) is 0 Å². The van der Waals surface area contributed by atoms with Crippen LogP contribution >= 0.6 is 0 Å². The standard InChI is InChI=1S/C15H25N/c1-3-4-8-13-16-14(2)11-12-15-9-6-5-7-10-15/h5-7,9-10,14,16H,3-4,8,11-13H2,1-2H3. The van der Waals surface area contributed by atoms with E-state index in [2.05, 4.69) is 49.5 Å². The van der Waals surface area contributed by atoms with Crippen LogP contribution in [0.5, 0.6) is 0 Å². The van der Waals surface area contributed by atoms with E-state index in [1.807, 2.05) is 0 Å². The molecule has 1 N–H and O–H groups in total. The number of nitrogens with one attached hydrogen (secondary N) is 1. The highest BCUT2D eigenvalue weighted by atomic mass is 14.9. The Hall–Kier alpha value is -0.820. The van der Waals surface area contributed by atoms with E-state index in [0.29, 0.717) is 6.04 Å². The van der Waals surface area contributed by atoms with Crippen molar-refractivity contribution in [3.05, 3.63) is 35.9 Å². The smallest absolute Gasteiger partial charge is 0.00418 e. The summed E-state index contributed by atoms with van der Waals surface area (Å²) in [5.41, 5.74) is 1.45. The number of rotatable bonds is 8. The summed E-state index contributed by atoms with van der Waals surface area (Å²) in [7, 11) is 0. The van der Waals surface area contributed by atoms with Gasteiger partial charge in [-0.2, -0.15) is 0 Å². The number of aryl methyl sites for hydroxylation is 1. The van der Waals surface area contributed by atoms with Crippen molar-refractivity contribution in [1.82, 2.24) is 5.32 Å². The SMILES string of the molecule is CCCCCNC(C)CCc1ccccc1. The molecule has 0 spiro atoms. The van der Waals surface area contributed by atoms with Crippen LogP contribution in [0.2, 0.25) is 0 Å². The van der Waals surface area contributed by atoms with E-state index in [0.717, 1.165) is 0 Å². The molecule has 16 heavy (non-hydrogen) atoms. The van der Waals surface area contributed by atoms with Crippen molar-refractivity contribution in [3.8, 4) is 0 Å². The lowest BCUT2D eigenvalue weighted by Crippen LogP contribution is -2.27. The highest BCUT2D eigenvalue weighted by Gasteiger charge is 2.00. The van der Waals surface area contributed by atoms with Crippen LogP contribution in [0.1, 0.15) is 45.1 Å². The lowest BCUT2D eigenvalue weighted by molar-refractivity contribution is 0.499. The van der Waals surface area contributed by atoms with Crippen LogP contribution < -0.4 is 5.32 Å². The summed E-state index contributed by atoms with van der Waals surface area (Å²) in [6, 6.07) is 11.4. The summed E-state index contributed by atoms with van der Waals surface area (Å²) < 4.78 is 0. The molecule has 1 aromatic rings. The van der Waals surface area contributed by atoms with Crippen LogP contribution in [0.4, 0.5) is 0 Å². The van der Waals surface area contributed by atoms with Gasteiger partial charge in [0.2, 0.25) is 0 Å². The van der Waals surface area contributed by atoms with Crippen LogP contribution in [-0.4, -0.2) is 12.6 Å². The summed E-state index contributed by atoms with van der Waals surface area (Å²) >= 11 is 0. The Kier molecular flexibility index (Phi) is 6.91. The molecule has 0 bridgehead atoms. The predicted octanol–water partition coefficient (Wildman–Crippen LogP) is 3.79. The van der Waals surface area contributed by atoms with Crippen molar-refractivity contribution >= 4 is 0 Å². The van der Waals surface area contributed by atoms with Crippen molar-refractivity contribution in [3.63, 3.8) is 0 Å². The summed E-state index contributed by atoms with van der Waals surface area (Å²) in [5, 5.41) is 3.59. The largest absolute Gasteiger partial charge is 0.314 e. The van der Waals surface area contributed by atoms with Gasteiger partial charge in [0.05, 0.1) is 0 Å². The molecule has 1 unspecified atom stereocenters. The molecular weight excluding hydrogens is 194 g/mol. The Morgan fingerprint density at radius 1 is 1.12 bits per heavy atom. The third kappa shape index (κ3) is 5.92. The fraction of sp³-hybridized carbons (Fsp3) is 0.600. The molecule has 0 radical (unpaired) electrons. The number of benzene rings is 1. The third-order valence-corrected chi connectivity index (χ3v) is 2.98. The van der Waals surface area contributed by atoms with Gasteiger partial charge in [-0.05, 0) is 38.3 Å². The minimum absolute atomic E-state index is 0.636. The molecule has 0 aliphatic heterocycles. The molecule has 90 valence electrons. The van der Waals surface area contributed by atoms with Crippen molar-refractivity contribution in [2.45, 2.75) is 52.0 Å². The minimum atomic E-state index is 0.636. The van der Waals surface area contributed by atoms with Crippen LogP contribution in [-0.2, 0) is 6.42 Å². The third-order valence-electron chi connectivity index (χ3n) is 2.98. The number of unbranched alkanes of at least 4 members (excludes halogenated alkanes) is 2. The van der Waals surface area contributed by atoms with Crippen LogP contribution in [0.25, 0.3) is 0 Å². The Balaban J connectivity index is 2.08. The number of hydrogen-bond donors (Lipinski definition) is 1. The Labute approximate surface area is 100 Å². The second-order valence-electron chi connectivity index (χ2n) is 4.59. The quantitative estimate of drug-likeness (QED) is 0.656. The summed E-state index contributed by atoms with van der Waals surface area (Å²) in [5.74, 6) is 0. The lowest BCUT2D eigenvalue weighted by atomic mass is 10.1. The first-order valence-electron chi connectivity index (χ1n) is 6.60. The van der Waals surface area contributed by atoms with Crippen LogP contribution in [0.15, 0.2) is 30.3 Å². The van der Waals surface area contributed by atoms with E-state index in [9.17, 15) is 0 Å². The molecule has 1 nitrogen and oxygen atoms in total. The minimum Gasteiger partial charge on any atom is -0.314 e. The molecule has 0 saturated heterocycles. The molecule has 0 fully saturated rings. The molecule has 1 heteroatoms. The van der Waals surface area contributed by atoms with Gasteiger partial charge in [-0.3, -0.25) is 0 Å². The second-order valence-corrected chi connectivity index (χ2v) is 4.59. The maximum Gasteiger partial charge on any atom is 0.00418 e. The van der Waals surface area contributed by atoms with Gasteiger partial charge in [-0.15, -0.1) is 0 Å². The second kappa shape index (κ2) is 8.35. The summed E-state index contributed by atoms with van der Waals surface area (Å²) in [6.45, 7) is 5.71. The molecule has 0 aliphatic carbocycles. The predicted molar refractivity (Wildman–Crippen MR) is 71.8 cm³/mol. The molecule has 0 heterocycles. The fourth-order valence-corrected chi connectivity index (χ4v) is 1.85. The maximum absolute atomic E-state index is 3.59. The zero-order valence-electron chi connectivity index (χ0n) is 10.7. The van der Waals surface area contributed by atoms with Crippen molar-refractivity contribution < 1.29 is 0 Å². The zero-order chi connectivity index (χ0) is 11.6. The maximum atomic E-state index is 3.59. The van der Waals surface area contributed by atoms with Gasteiger partial charge in [-0.25, -0.2) is 0 Å². The van der Waals surface area contributed by atoms with E-state index in [-0.39, 0.29) is 0 Å². The molecule has 0 amide bonds. The Morgan fingerprint density at radius 3 is 2.56 bits per heavy atom. The lowest BCUT2D eigenvalue weighted by Gasteiger charge is -2.13. The zero-order valence-corrected chi connectivity index (χ0v) is 10.7. The molecule has 1 atom stereocenters. The van der Waals surface area contributed by atoms with E-state index in [1.54, 1.807) is 0 Å². The van der Waals surface area contributed by atoms with Gasteiger partial charge < -0.3 is 5.32 Å². The van der Waals surface area contributed by atoms with E-state index in [4.69, 9.17) is 0 Å². The van der Waals surface area contributed by atoms with Crippen molar-refractivity contribution in [1.29, 1.82) is 0 Å². The first-order chi connectivity index (χ1) is 7.83. The molecule has 0 saturated carbocycles. The summed E-state index contributed by atoms with van der Waals surface area (Å²) in [6.07, 6.45) is 6.38. The Bertz CT molecular complexity index is 255. The molecule has 1 rings (SSSR count). The average molecular weight is 219 g/mol. The molecular formula is C15H25N. The first-order valence-corrected chi connectivity index (χ1v) is 6.60. The van der Waals surface area contributed by atoms with E-state index in [1.165, 1.54) is 44.2 Å². The van der Waals surface area contributed by atoms with Crippen molar-refractivity contribution in [2.24, 2.45) is 0 Å². The van der Waals surface area contributed by atoms with E-state index < -0.39 is 0 Å². The van der Waals surface area contributed by atoms with Crippen LogP contribution in [0, 0.1) is 0 Å².